The quantitative estimate of drug-likeness (QED) is 0.547. The summed E-state index contributed by atoms with van der Waals surface area (Å²) in [7, 11) is -3.98. The molecule has 0 bridgehead atoms. The van der Waals surface area contributed by atoms with E-state index < -0.39 is 27.9 Å². The summed E-state index contributed by atoms with van der Waals surface area (Å²) in [6.07, 6.45) is 0.383. The molecule has 0 aliphatic rings. The normalized spacial score (nSPS) is 12.4. The number of hydrogen-bond donors (Lipinski definition) is 3. The molecule has 1 atom stereocenters. The minimum Gasteiger partial charge on any atom is -0.467 e. The molecule has 0 aliphatic carbocycles. The number of carbonyl (C=O) groups excluding carboxylic acids is 1. The van der Waals surface area contributed by atoms with Crippen molar-refractivity contribution in [1.82, 2.24) is 5.32 Å². The number of furan rings is 1. The Hall–Kier alpha value is -3.17. The van der Waals surface area contributed by atoms with E-state index >= 15 is 0 Å². The summed E-state index contributed by atoms with van der Waals surface area (Å²) in [5.74, 6) is -0.715. The number of benzene rings is 2. The van der Waals surface area contributed by atoms with E-state index in [-0.39, 0.29) is 22.7 Å². The van der Waals surface area contributed by atoms with Crippen LogP contribution in [0.3, 0.4) is 0 Å². The molecule has 0 radical (unpaired) electrons. The number of rotatable bonds is 7. The van der Waals surface area contributed by atoms with Gasteiger partial charge < -0.3 is 14.8 Å². The summed E-state index contributed by atoms with van der Waals surface area (Å²) < 4.78 is 45.6. The largest absolute Gasteiger partial charge is 0.467 e. The van der Waals surface area contributed by atoms with Crippen LogP contribution in [0.4, 0.5) is 10.1 Å². The molecule has 0 spiro atoms. The number of aryl methyl sites for hydroxylation is 1. The summed E-state index contributed by atoms with van der Waals surface area (Å²) in [5, 5.41) is 12.6. The Kier molecular flexibility index (Phi) is 6.00. The second kappa shape index (κ2) is 8.46. The fraction of sp³-hybridized carbons (Fsp3) is 0.150. The number of hydrogen-bond acceptors (Lipinski definition) is 5. The van der Waals surface area contributed by atoms with Gasteiger partial charge in [-0.3, -0.25) is 9.52 Å². The fourth-order valence-corrected chi connectivity index (χ4v) is 3.70. The van der Waals surface area contributed by atoms with Crippen LogP contribution >= 0.6 is 0 Å². The highest BCUT2D eigenvalue weighted by molar-refractivity contribution is 7.92. The molecule has 3 rings (SSSR count). The van der Waals surface area contributed by atoms with Crippen LogP contribution in [0, 0.1) is 12.7 Å². The summed E-state index contributed by atoms with van der Waals surface area (Å²) in [5.41, 5.74) is 0.911. The summed E-state index contributed by atoms with van der Waals surface area (Å²) in [4.78, 5) is 12.4. The van der Waals surface area contributed by atoms with Crippen LogP contribution in [0.15, 0.2) is 70.2 Å². The highest BCUT2D eigenvalue weighted by Gasteiger charge is 2.19. The Bertz CT molecular complexity index is 1100. The molecule has 1 heterocycles. The summed E-state index contributed by atoms with van der Waals surface area (Å²) >= 11 is 0. The molecule has 0 fully saturated rings. The van der Waals surface area contributed by atoms with Crippen molar-refractivity contribution < 1.29 is 27.1 Å². The number of carbonyl (C=O) groups is 1. The van der Waals surface area contributed by atoms with Crippen LogP contribution in [0.25, 0.3) is 0 Å². The van der Waals surface area contributed by atoms with E-state index in [1.807, 2.05) is 0 Å². The van der Waals surface area contributed by atoms with E-state index in [2.05, 4.69) is 10.0 Å². The lowest BCUT2D eigenvalue weighted by atomic mass is 10.1. The Morgan fingerprint density at radius 2 is 1.90 bits per heavy atom. The molecular weight excluding hydrogens is 399 g/mol. The van der Waals surface area contributed by atoms with Gasteiger partial charge in [0, 0.05) is 11.3 Å². The van der Waals surface area contributed by atoms with Gasteiger partial charge in [0.2, 0.25) is 0 Å². The third-order valence-corrected chi connectivity index (χ3v) is 5.57. The maximum absolute atomic E-state index is 13.0. The number of anilines is 1. The van der Waals surface area contributed by atoms with Gasteiger partial charge in [-0.2, -0.15) is 0 Å². The lowest BCUT2D eigenvalue weighted by Gasteiger charge is -2.13. The van der Waals surface area contributed by atoms with Crippen LogP contribution in [-0.4, -0.2) is 26.0 Å². The van der Waals surface area contributed by atoms with Crippen molar-refractivity contribution in [2.75, 3.05) is 11.3 Å². The number of nitrogens with one attached hydrogen (secondary N) is 2. The predicted molar refractivity (Wildman–Crippen MR) is 104 cm³/mol. The maximum atomic E-state index is 13.0. The number of sulfonamides is 1. The smallest absolute Gasteiger partial charge is 0.261 e. The molecule has 0 saturated heterocycles. The van der Waals surface area contributed by atoms with Crippen molar-refractivity contribution in [3.8, 4) is 0 Å². The molecule has 1 aromatic heterocycles. The van der Waals surface area contributed by atoms with E-state index in [1.54, 1.807) is 19.1 Å². The molecule has 9 heteroatoms. The van der Waals surface area contributed by atoms with Gasteiger partial charge in [0.25, 0.3) is 15.9 Å². The average Bonchev–Trinajstić information content (AvgIpc) is 3.22. The first-order valence-electron chi connectivity index (χ1n) is 8.65. The first-order chi connectivity index (χ1) is 13.8. The van der Waals surface area contributed by atoms with Crippen molar-refractivity contribution in [3.63, 3.8) is 0 Å². The molecule has 1 unspecified atom stereocenters. The molecule has 3 aromatic rings. The van der Waals surface area contributed by atoms with E-state index in [1.165, 1.54) is 36.6 Å². The minimum absolute atomic E-state index is 0.101. The van der Waals surface area contributed by atoms with Gasteiger partial charge in [0.15, 0.2) is 0 Å². The van der Waals surface area contributed by atoms with Crippen LogP contribution in [0.5, 0.6) is 0 Å². The van der Waals surface area contributed by atoms with E-state index in [0.29, 0.717) is 11.3 Å². The molecule has 7 nitrogen and oxygen atoms in total. The lowest BCUT2D eigenvalue weighted by Crippen LogP contribution is -2.29. The molecule has 29 heavy (non-hydrogen) atoms. The number of aliphatic hydroxyl groups is 1. The monoisotopic (exact) mass is 418 g/mol. The molecular formula is C20H19FN2O5S. The molecule has 1 amide bonds. The van der Waals surface area contributed by atoms with Crippen LogP contribution in [-0.2, 0) is 10.0 Å². The average molecular weight is 418 g/mol. The standard InChI is InChI=1S/C20H19FN2O5S/c1-13-4-9-16(29(26,27)23-15-7-5-14(21)6-8-15)11-17(13)20(25)22-12-18(24)19-3-2-10-28-19/h2-11,18,23-24H,12H2,1H3,(H,22,25). The van der Waals surface area contributed by atoms with Gasteiger partial charge in [-0.25, -0.2) is 12.8 Å². The summed E-state index contributed by atoms with van der Waals surface area (Å²) in [6, 6.07) is 12.2. The van der Waals surface area contributed by atoms with Crippen molar-refractivity contribution in [1.29, 1.82) is 0 Å². The van der Waals surface area contributed by atoms with E-state index in [0.717, 1.165) is 12.1 Å². The van der Waals surface area contributed by atoms with Gasteiger partial charge in [-0.05, 0) is 61.0 Å². The molecule has 2 aromatic carbocycles. The Labute approximate surface area is 167 Å². The van der Waals surface area contributed by atoms with E-state index in [9.17, 15) is 22.7 Å². The number of amides is 1. The fourth-order valence-electron chi connectivity index (χ4n) is 2.61. The van der Waals surface area contributed by atoms with Crippen molar-refractivity contribution in [2.24, 2.45) is 0 Å². The van der Waals surface area contributed by atoms with Gasteiger partial charge in [-0.1, -0.05) is 6.07 Å². The Morgan fingerprint density at radius 3 is 2.55 bits per heavy atom. The zero-order valence-corrected chi connectivity index (χ0v) is 16.2. The van der Waals surface area contributed by atoms with Gasteiger partial charge in [-0.15, -0.1) is 0 Å². The van der Waals surface area contributed by atoms with Crippen molar-refractivity contribution in [2.45, 2.75) is 17.9 Å². The number of halogens is 1. The lowest BCUT2D eigenvalue weighted by molar-refractivity contribution is 0.0900. The SMILES string of the molecule is Cc1ccc(S(=O)(=O)Nc2ccc(F)cc2)cc1C(=O)NCC(O)c1ccco1. The predicted octanol–water partition coefficient (Wildman–Crippen LogP) is 2.99. The maximum Gasteiger partial charge on any atom is 0.261 e. The van der Waals surface area contributed by atoms with Crippen molar-refractivity contribution in [3.05, 3.63) is 83.6 Å². The third kappa shape index (κ3) is 5.01. The van der Waals surface area contributed by atoms with Crippen LogP contribution in [0.1, 0.15) is 27.8 Å². The second-order valence-corrected chi connectivity index (χ2v) is 8.01. The first kappa shape index (κ1) is 20.6. The van der Waals surface area contributed by atoms with E-state index in [4.69, 9.17) is 4.42 Å². The Morgan fingerprint density at radius 1 is 1.17 bits per heavy atom. The highest BCUT2D eigenvalue weighted by atomic mass is 32.2. The third-order valence-electron chi connectivity index (χ3n) is 4.19. The van der Waals surface area contributed by atoms with Crippen molar-refractivity contribution >= 4 is 21.6 Å². The Balaban J connectivity index is 1.76. The highest BCUT2D eigenvalue weighted by Crippen LogP contribution is 2.20. The molecule has 3 N–H and O–H groups in total. The topological polar surface area (TPSA) is 109 Å². The minimum atomic E-state index is -3.98. The van der Waals surface area contributed by atoms with Gasteiger partial charge in [0.1, 0.15) is 17.7 Å². The summed E-state index contributed by atoms with van der Waals surface area (Å²) in [6.45, 7) is 1.57. The van der Waals surface area contributed by atoms with Crippen LogP contribution in [0.2, 0.25) is 0 Å². The van der Waals surface area contributed by atoms with Crippen LogP contribution < -0.4 is 10.0 Å². The molecule has 0 saturated carbocycles. The second-order valence-electron chi connectivity index (χ2n) is 6.33. The number of aliphatic hydroxyl groups excluding tert-OH is 1. The molecule has 152 valence electrons. The zero-order valence-electron chi connectivity index (χ0n) is 15.4. The van der Waals surface area contributed by atoms with Gasteiger partial charge >= 0.3 is 0 Å². The van der Waals surface area contributed by atoms with Gasteiger partial charge in [0.05, 0.1) is 17.7 Å². The zero-order chi connectivity index (χ0) is 21.0. The molecule has 0 aliphatic heterocycles. The first-order valence-corrected chi connectivity index (χ1v) is 10.1.